The molecule has 1 atom stereocenters. The quantitative estimate of drug-likeness (QED) is 0.644. The molecular formula is C24H28N4O2S. The van der Waals surface area contributed by atoms with Crippen LogP contribution in [0.3, 0.4) is 0 Å². The van der Waals surface area contributed by atoms with Gasteiger partial charge in [0.2, 0.25) is 5.91 Å². The fraction of sp³-hybridized carbons (Fsp3) is 0.458. The second-order valence-corrected chi connectivity index (χ2v) is 9.69. The van der Waals surface area contributed by atoms with Gasteiger partial charge in [-0.25, -0.2) is 4.98 Å². The SMILES string of the molecule is CC1Cc2ccccc2N1CCNC(=O)CCn1cnc2sc3c(c2c1=O)CCCC3. The van der Waals surface area contributed by atoms with E-state index in [1.807, 2.05) is 0 Å². The minimum Gasteiger partial charge on any atom is -0.367 e. The van der Waals surface area contributed by atoms with Gasteiger partial charge in [-0.05, 0) is 56.2 Å². The molecule has 7 heteroatoms. The average Bonchev–Trinajstić information content (AvgIpc) is 3.31. The molecule has 6 nitrogen and oxygen atoms in total. The topological polar surface area (TPSA) is 67.2 Å². The van der Waals surface area contributed by atoms with Crippen LogP contribution in [0.25, 0.3) is 10.2 Å². The van der Waals surface area contributed by atoms with E-state index in [1.54, 1.807) is 22.2 Å². The number of nitrogens with zero attached hydrogens (tertiary/aromatic N) is 3. The molecule has 1 N–H and O–H groups in total. The predicted molar refractivity (Wildman–Crippen MR) is 125 cm³/mol. The van der Waals surface area contributed by atoms with Crippen molar-refractivity contribution in [1.29, 1.82) is 0 Å². The molecule has 0 spiro atoms. The Balaban J connectivity index is 1.18. The summed E-state index contributed by atoms with van der Waals surface area (Å²) in [6.07, 6.45) is 7.28. The third-order valence-corrected chi connectivity index (χ3v) is 7.74. The van der Waals surface area contributed by atoms with Crippen LogP contribution in [-0.2, 0) is 30.6 Å². The maximum atomic E-state index is 13.0. The molecule has 0 fully saturated rings. The second-order valence-electron chi connectivity index (χ2n) is 8.61. The number of para-hydroxylation sites is 1. The Labute approximate surface area is 185 Å². The van der Waals surface area contributed by atoms with Crippen LogP contribution in [-0.4, -0.2) is 34.6 Å². The predicted octanol–water partition coefficient (Wildman–Crippen LogP) is 3.29. The highest BCUT2D eigenvalue weighted by Gasteiger charge is 2.25. The maximum Gasteiger partial charge on any atom is 0.262 e. The van der Waals surface area contributed by atoms with Crippen molar-refractivity contribution >= 4 is 33.1 Å². The lowest BCUT2D eigenvalue weighted by Gasteiger charge is -2.25. The monoisotopic (exact) mass is 436 g/mol. The van der Waals surface area contributed by atoms with Crippen molar-refractivity contribution in [3.8, 4) is 0 Å². The van der Waals surface area contributed by atoms with Gasteiger partial charge in [-0.2, -0.15) is 0 Å². The highest BCUT2D eigenvalue weighted by molar-refractivity contribution is 7.18. The van der Waals surface area contributed by atoms with Gasteiger partial charge in [0.05, 0.1) is 11.7 Å². The summed E-state index contributed by atoms with van der Waals surface area (Å²) in [6, 6.07) is 8.92. The van der Waals surface area contributed by atoms with Crippen molar-refractivity contribution in [1.82, 2.24) is 14.9 Å². The Hall–Kier alpha value is -2.67. The van der Waals surface area contributed by atoms with Crippen LogP contribution in [0.2, 0.25) is 0 Å². The number of carbonyl (C=O) groups is 1. The van der Waals surface area contributed by atoms with Gasteiger partial charge in [-0.15, -0.1) is 11.3 Å². The van der Waals surface area contributed by atoms with Gasteiger partial charge in [-0.1, -0.05) is 18.2 Å². The molecule has 0 radical (unpaired) electrons. The molecule has 0 bridgehead atoms. The molecule has 1 unspecified atom stereocenters. The lowest BCUT2D eigenvalue weighted by molar-refractivity contribution is -0.121. The van der Waals surface area contributed by atoms with Gasteiger partial charge in [0.15, 0.2) is 0 Å². The van der Waals surface area contributed by atoms with Crippen LogP contribution >= 0.6 is 11.3 Å². The molecule has 1 aliphatic heterocycles. The number of hydrogen-bond donors (Lipinski definition) is 1. The molecule has 3 aromatic rings. The summed E-state index contributed by atoms with van der Waals surface area (Å²) >= 11 is 1.66. The molecule has 5 rings (SSSR count). The van der Waals surface area contributed by atoms with Crippen molar-refractivity contribution in [2.75, 3.05) is 18.0 Å². The van der Waals surface area contributed by atoms with Crippen molar-refractivity contribution < 1.29 is 4.79 Å². The molecule has 2 aromatic heterocycles. The van der Waals surface area contributed by atoms with Crippen LogP contribution < -0.4 is 15.8 Å². The molecular weight excluding hydrogens is 408 g/mol. The Morgan fingerprint density at radius 2 is 2.06 bits per heavy atom. The Morgan fingerprint density at radius 1 is 1.23 bits per heavy atom. The number of carbonyl (C=O) groups excluding carboxylic acids is 1. The van der Waals surface area contributed by atoms with E-state index in [-0.39, 0.29) is 17.9 Å². The van der Waals surface area contributed by atoms with Crippen molar-refractivity contribution in [2.45, 2.75) is 58.0 Å². The number of thiophene rings is 1. The third-order valence-electron chi connectivity index (χ3n) is 6.54. The summed E-state index contributed by atoms with van der Waals surface area (Å²) in [4.78, 5) is 34.5. The lowest BCUT2D eigenvalue weighted by atomic mass is 9.97. The molecule has 2 aliphatic rings. The van der Waals surface area contributed by atoms with Crippen LogP contribution in [0, 0.1) is 0 Å². The zero-order chi connectivity index (χ0) is 21.4. The van der Waals surface area contributed by atoms with Crippen molar-refractivity contribution in [3.63, 3.8) is 0 Å². The highest BCUT2D eigenvalue weighted by Crippen LogP contribution is 2.33. The fourth-order valence-electron chi connectivity index (χ4n) is 4.94. The first-order valence-electron chi connectivity index (χ1n) is 11.2. The number of anilines is 1. The normalized spacial score (nSPS) is 17.6. The third kappa shape index (κ3) is 3.87. The van der Waals surface area contributed by atoms with E-state index in [0.717, 1.165) is 42.4 Å². The van der Waals surface area contributed by atoms with E-state index in [0.29, 0.717) is 19.1 Å². The first-order chi connectivity index (χ1) is 15.1. The van der Waals surface area contributed by atoms with E-state index < -0.39 is 0 Å². The number of amides is 1. The van der Waals surface area contributed by atoms with Crippen LogP contribution in [0.15, 0.2) is 35.4 Å². The van der Waals surface area contributed by atoms with Crippen LogP contribution in [0.4, 0.5) is 5.69 Å². The summed E-state index contributed by atoms with van der Waals surface area (Å²) in [7, 11) is 0. The maximum absolute atomic E-state index is 13.0. The summed E-state index contributed by atoms with van der Waals surface area (Å²) in [5.41, 5.74) is 3.84. The Bertz CT molecular complexity index is 1180. The number of hydrogen-bond acceptors (Lipinski definition) is 5. The Kier molecular flexibility index (Phi) is 5.52. The van der Waals surface area contributed by atoms with Crippen LogP contribution in [0.5, 0.6) is 0 Å². The standard InChI is InChI=1S/C24H28N4O2S/c1-16-14-17-6-2-4-8-19(17)28(16)13-11-25-21(29)10-12-27-15-26-23-22(24(27)30)18-7-3-5-9-20(18)31-23/h2,4,6,8,15-16H,3,5,7,9-14H2,1H3,(H,25,29). The Morgan fingerprint density at radius 3 is 2.97 bits per heavy atom. The molecule has 0 saturated heterocycles. The lowest BCUT2D eigenvalue weighted by Crippen LogP contribution is -2.38. The van der Waals surface area contributed by atoms with Gasteiger partial charge in [0.1, 0.15) is 4.83 Å². The molecule has 31 heavy (non-hydrogen) atoms. The zero-order valence-electron chi connectivity index (χ0n) is 17.9. The number of aryl methyl sites for hydroxylation is 3. The van der Waals surface area contributed by atoms with E-state index >= 15 is 0 Å². The minimum absolute atomic E-state index is 0.000279. The number of aromatic nitrogens is 2. The van der Waals surface area contributed by atoms with Gasteiger partial charge < -0.3 is 10.2 Å². The first-order valence-corrected chi connectivity index (χ1v) is 12.0. The number of rotatable bonds is 6. The van der Waals surface area contributed by atoms with Gasteiger partial charge in [-0.3, -0.25) is 14.2 Å². The van der Waals surface area contributed by atoms with E-state index in [4.69, 9.17) is 0 Å². The molecule has 0 saturated carbocycles. The first kappa shape index (κ1) is 20.2. The molecule has 3 heterocycles. The van der Waals surface area contributed by atoms with Crippen molar-refractivity contribution in [2.24, 2.45) is 0 Å². The van der Waals surface area contributed by atoms with Crippen molar-refractivity contribution in [3.05, 3.63) is 57.0 Å². The number of fused-ring (bicyclic) bond motifs is 4. The summed E-state index contributed by atoms with van der Waals surface area (Å²) in [5.74, 6) is -0.0283. The zero-order valence-corrected chi connectivity index (χ0v) is 18.7. The molecule has 1 aliphatic carbocycles. The molecule has 1 aromatic carbocycles. The summed E-state index contributed by atoms with van der Waals surface area (Å²) in [6.45, 7) is 3.97. The summed E-state index contributed by atoms with van der Waals surface area (Å²) < 4.78 is 1.60. The number of nitrogens with one attached hydrogen (secondary N) is 1. The van der Waals surface area contributed by atoms with Gasteiger partial charge >= 0.3 is 0 Å². The fourth-order valence-corrected chi connectivity index (χ4v) is 6.16. The van der Waals surface area contributed by atoms with E-state index in [2.05, 4.69) is 46.4 Å². The highest BCUT2D eigenvalue weighted by atomic mass is 32.1. The van der Waals surface area contributed by atoms with E-state index in [1.165, 1.54) is 28.1 Å². The summed E-state index contributed by atoms with van der Waals surface area (Å²) in [5, 5.41) is 3.80. The van der Waals surface area contributed by atoms with E-state index in [9.17, 15) is 9.59 Å². The average molecular weight is 437 g/mol. The molecule has 162 valence electrons. The van der Waals surface area contributed by atoms with Crippen LogP contribution in [0.1, 0.15) is 42.2 Å². The largest absolute Gasteiger partial charge is 0.367 e. The number of benzene rings is 1. The van der Waals surface area contributed by atoms with Gasteiger partial charge in [0.25, 0.3) is 5.56 Å². The molecule has 1 amide bonds. The second kappa shape index (κ2) is 8.46. The smallest absolute Gasteiger partial charge is 0.262 e. The van der Waals surface area contributed by atoms with Gasteiger partial charge in [0, 0.05) is 42.7 Å². The minimum atomic E-state index is -0.0283.